The molecule has 1 aromatic heterocycles. The van der Waals surface area contributed by atoms with Crippen LogP contribution in [0, 0.1) is 6.92 Å². The van der Waals surface area contributed by atoms with Gasteiger partial charge in [0.25, 0.3) is 5.91 Å². The molecule has 6 nitrogen and oxygen atoms in total. The number of rotatable bonds is 3. The summed E-state index contributed by atoms with van der Waals surface area (Å²) < 4.78 is 11.2. The van der Waals surface area contributed by atoms with E-state index in [1.807, 2.05) is 30.3 Å². The Bertz CT molecular complexity index is 1110. The van der Waals surface area contributed by atoms with Crippen molar-refractivity contribution in [2.45, 2.75) is 26.2 Å². The molecule has 0 spiro atoms. The molecule has 0 unspecified atom stereocenters. The molecule has 30 heavy (non-hydrogen) atoms. The molecule has 154 valence electrons. The number of carbonyl (C=O) groups excluding carboxylic acids is 1. The molecule has 1 amide bonds. The van der Waals surface area contributed by atoms with Crippen LogP contribution < -0.4 is 19.7 Å². The molecule has 1 fully saturated rings. The zero-order chi connectivity index (χ0) is 20.5. The normalized spacial score (nSPS) is 15.8. The average molecular weight is 403 g/mol. The Balaban J connectivity index is 1.48. The molecule has 6 heteroatoms. The second-order valence-electron chi connectivity index (χ2n) is 7.91. The molecule has 0 atom stereocenters. The first kappa shape index (κ1) is 18.7. The minimum atomic E-state index is -0.229. The van der Waals surface area contributed by atoms with Gasteiger partial charge in [-0.05, 0) is 56.5 Å². The highest BCUT2D eigenvalue weighted by molar-refractivity contribution is 6.06. The molecule has 1 N–H and O–H groups in total. The molecule has 5 rings (SSSR count). The topological polar surface area (TPSA) is 63.7 Å². The molecule has 3 heterocycles. The van der Waals surface area contributed by atoms with Gasteiger partial charge in [-0.3, -0.25) is 4.79 Å². The fourth-order valence-corrected chi connectivity index (χ4v) is 4.15. The van der Waals surface area contributed by atoms with Crippen LogP contribution in [0.5, 0.6) is 11.5 Å². The van der Waals surface area contributed by atoms with Crippen LogP contribution in [-0.4, -0.2) is 37.2 Å². The van der Waals surface area contributed by atoms with Crippen LogP contribution in [0.15, 0.2) is 42.5 Å². The lowest BCUT2D eigenvalue weighted by Crippen LogP contribution is -2.30. The summed E-state index contributed by atoms with van der Waals surface area (Å²) in [6.07, 6.45) is 3.61. The van der Waals surface area contributed by atoms with E-state index in [9.17, 15) is 4.79 Å². The number of anilines is 2. The van der Waals surface area contributed by atoms with Crippen molar-refractivity contribution in [1.82, 2.24) is 4.98 Å². The number of ether oxygens (including phenoxy) is 2. The Labute approximate surface area is 175 Å². The van der Waals surface area contributed by atoms with E-state index in [-0.39, 0.29) is 5.91 Å². The smallest absolute Gasteiger partial charge is 0.274 e. The number of fused-ring (bicyclic) bond motifs is 2. The molecule has 2 aliphatic rings. The van der Waals surface area contributed by atoms with Gasteiger partial charge in [-0.25, -0.2) is 4.98 Å². The van der Waals surface area contributed by atoms with Crippen molar-refractivity contribution in [3.63, 3.8) is 0 Å². The molecule has 0 bridgehead atoms. The van der Waals surface area contributed by atoms with E-state index in [0.717, 1.165) is 29.7 Å². The highest BCUT2D eigenvalue weighted by atomic mass is 16.6. The van der Waals surface area contributed by atoms with Crippen molar-refractivity contribution in [3.8, 4) is 11.5 Å². The van der Waals surface area contributed by atoms with Crippen LogP contribution in [-0.2, 0) is 0 Å². The van der Waals surface area contributed by atoms with Crippen LogP contribution in [0.2, 0.25) is 0 Å². The van der Waals surface area contributed by atoms with Crippen molar-refractivity contribution in [2.75, 3.05) is 36.5 Å². The van der Waals surface area contributed by atoms with Gasteiger partial charge in [0.2, 0.25) is 0 Å². The predicted molar refractivity (Wildman–Crippen MR) is 118 cm³/mol. The maximum atomic E-state index is 13.1. The van der Waals surface area contributed by atoms with E-state index in [1.165, 1.54) is 24.8 Å². The van der Waals surface area contributed by atoms with Crippen molar-refractivity contribution in [2.24, 2.45) is 0 Å². The summed E-state index contributed by atoms with van der Waals surface area (Å²) in [6.45, 7) is 5.15. The number of pyridine rings is 1. The van der Waals surface area contributed by atoms with Gasteiger partial charge < -0.3 is 19.7 Å². The minimum absolute atomic E-state index is 0.229. The first-order valence-electron chi connectivity index (χ1n) is 10.5. The van der Waals surface area contributed by atoms with Gasteiger partial charge in [0.15, 0.2) is 11.5 Å². The fraction of sp³-hybridized carbons (Fsp3) is 0.333. The third kappa shape index (κ3) is 3.65. The van der Waals surface area contributed by atoms with Gasteiger partial charge in [0.05, 0.1) is 5.52 Å². The van der Waals surface area contributed by atoms with Crippen LogP contribution in [0.4, 0.5) is 11.4 Å². The van der Waals surface area contributed by atoms with Crippen LogP contribution in [0.3, 0.4) is 0 Å². The number of nitrogens with one attached hydrogen (secondary N) is 1. The lowest BCUT2D eigenvalue weighted by atomic mass is 10.1. The summed E-state index contributed by atoms with van der Waals surface area (Å²) >= 11 is 0. The lowest BCUT2D eigenvalue weighted by Gasteiger charge is -2.30. The number of benzene rings is 2. The number of aromatic nitrogens is 1. The quantitative estimate of drug-likeness (QED) is 0.695. The summed E-state index contributed by atoms with van der Waals surface area (Å²) in [6, 6.07) is 13.6. The Kier molecular flexibility index (Phi) is 4.91. The van der Waals surface area contributed by atoms with Gasteiger partial charge in [-0.1, -0.05) is 11.6 Å². The zero-order valence-corrected chi connectivity index (χ0v) is 17.1. The van der Waals surface area contributed by atoms with E-state index < -0.39 is 0 Å². The predicted octanol–water partition coefficient (Wildman–Crippen LogP) is 4.56. The SMILES string of the molecule is Cc1ccc2nc(C(=O)Nc3ccc4c(c3)OCCO4)cc(N3CCCCC3)c2c1. The maximum absolute atomic E-state index is 13.1. The largest absolute Gasteiger partial charge is 0.486 e. The number of hydrogen-bond donors (Lipinski definition) is 1. The van der Waals surface area contributed by atoms with Gasteiger partial charge in [0.1, 0.15) is 18.9 Å². The van der Waals surface area contributed by atoms with Crippen molar-refractivity contribution in [1.29, 1.82) is 0 Å². The fourth-order valence-electron chi connectivity index (χ4n) is 4.15. The standard InChI is InChI=1S/C24H25N3O3/c1-16-5-7-19-18(13-16)21(27-9-3-2-4-10-27)15-20(26-19)24(28)25-17-6-8-22-23(14-17)30-12-11-29-22/h5-8,13-15H,2-4,9-12H2,1H3,(H,25,28). The molecule has 0 saturated carbocycles. The molecule has 2 aliphatic heterocycles. The van der Waals surface area contributed by atoms with Gasteiger partial charge in [-0.2, -0.15) is 0 Å². The van der Waals surface area contributed by atoms with Crippen LogP contribution >= 0.6 is 0 Å². The number of nitrogens with zero attached hydrogens (tertiary/aromatic N) is 2. The molecule has 3 aromatic rings. The minimum Gasteiger partial charge on any atom is -0.486 e. The molecular formula is C24H25N3O3. The Morgan fingerprint density at radius 2 is 1.77 bits per heavy atom. The first-order chi connectivity index (χ1) is 14.7. The highest BCUT2D eigenvalue weighted by Crippen LogP contribution is 2.33. The number of piperidine rings is 1. The third-order valence-corrected chi connectivity index (χ3v) is 5.67. The highest BCUT2D eigenvalue weighted by Gasteiger charge is 2.19. The maximum Gasteiger partial charge on any atom is 0.274 e. The van der Waals surface area contributed by atoms with Crippen LogP contribution in [0.1, 0.15) is 35.3 Å². The summed E-state index contributed by atoms with van der Waals surface area (Å²) in [5.41, 5.74) is 4.21. The van der Waals surface area contributed by atoms with Crippen molar-refractivity contribution in [3.05, 3.63) is 53.7 Å². The van der Waals surface area contributed by atoms with Gasteiger partial charge >= 0.3 is 0 Å². The van der Waals surface area contributed by atoms with Crippen LogP contribution in [0.25, 0.3) is 10.9 Å². The van der Waals surface area contributed by atoms with Crippen molar-refractivity contribution < 1.29 is 14.3 Å². The summed E-state index contributed by atoms with van der Waals surface area (Å²) in [5.74, 6) is 1.12. The molecule has 0 aliphatic carbocycles. The monoisotopic (exact) mass is 403 g/mol. The van der Waals surface area contributed by atoms with E-state index in [4.69, 9.17) is 9.47 Å². The number of carbonyl (C=O) groups is 1. The Morgan fingerprint density at radius 3 is 2.60 bits per heavy atom. The summed E-state index contributed by atoms with van der Waals surface area (Å²) in [7, 11) is 0. The zero-order valence-electron chi connectivity index (χ0n) is 17.1. The lowest BCUT2D eigenvalue weighted by molar-refractivity contribution is 0.102. The average Bonchev–Trinajstić information content (AvgIpc) is 2.79. The second kappa shape index (κ2) is 7.86. The van der Waals surface area contributed by atoms with Gasteiger partial charge in [-0.15, -0.1) is 0 Å². The van der Waals surface area contributed by atoms with Crippen molar-refractivity contribution >= 4 is 28.2 Å². The Morgan fingerprint density at radius 1 is 0.967 bits per heavy atom. The summed E-state index contributed by atoms with van der Waals surface area (Å²) in [5, 5.41) is 4.06. The first-order valence-corrected chi connectivity index (χ1v) is 10.5. The van der Waals surface area contributed by atoms with E-state index >= 15 is 0 Å². The van der Waals surface area contributed by atoms with Gasteiger partial charge in [0, 0.05) is 35.9 Å². The number of aryl methyl sites for hydroxylation is 1. The molecular weight excluding hydrogens is 378 g/mol. The summed E-state index contributed by atoms with van der Waals surface area (Å²) in [4.78, 5) is 20.1. The Hall–Kier alpha value is -3.28. The number of hydrogen-bond acceptors (Lipinski definition) is 5. The molecule has 0 radical (unpaired) electrons. The van der Waals surface area contributed by atoms with E-state index in [1.54, 1.807) is 6.07 Å². The molecule has 1 saturated heterocycles. The second-order valence-corrected chi connectivity index (χ2v) is 7.91. The molecule has 2 aromatic carbocycles. The van der Waals surface area contributed by atoms with E-state index in [0.29, 0.717) is 36.1 Å². The number of amides is 1. The van der Waals surface area contributed by atoms with E-state index in [2.05, 4.69) is 28.2 Å². The third-order valence-electron chi connectivity index (χ3n) is 5.67.